The van der Waals surface area contributed by atoms with Gasteiger partial charge in [0.25, 0.3) is 5.56 Å². The van der Waals surface area contributed by atoms with Crippen molar-refractivity contribution in [2.75, 3.05) is 0 Å². The van der Waals surface area contributed by atoms with E-state index in [1.807, 2.05) is 0 Å². The smallest absolute Gasteiger partial charge is 0.267 e. The van der Waals surface area contributed by atoms with Crippen molar-refractivity contribution in [3.05, 3.63) is 51.9 Å². The molecule has 0 N–H and O–H groups in total. The largest absolute Gasteiger partial charge is 0.268 e. The molecule has 0 saturated heterocycles. The van der Waals surface area contributed by atoms with Crippen LogP contribution in [-0.4, -0.2) is 19.7 Å². The van der Waals surface area contributed by atoms with Gasteiger partial charge >= 0.3 is 0 Å². The predicted octanol–water partition coefficient (Wildman–Crippen LogP) is 0.735. The zero-order chi connectivity index (χ0) is 10.7. The van der Waals surface area contributed by atoms with E-state index in [9.17, 15) is 4.79 Å². The summed E-state index contributed by atoms with van der Waals surface area (Å²) in [4.78, 5) is 19.2. The van der Waals surface area contributed by atoms with Crippen molar-refractivity contribution >= 4 is 11.6 Å². The third kappa shape index (κ3) is 2.38. The fourth-order valence-corrected chi connectivity index (χ4v) is 1.18. The number of hydrogen-bond donors (Lipinski definition) is 0. The fourth-order valence-electron chi connectivity index (χ4n) is 1.08. The van der Waals surface area contributed by atoms with Crippen LogP contribution in [0.15, 0.2) is 35.5 Å². The first-order valence-corrected chi connectivity index (χ1v) is 4.62. The van der Waals surface area contributed by atoms with Crippen LogP contribution in [0.5, 0.6) is 0 Å². The molecule has 0 unspecified atom stereocenters. The average molecular weight is 223 g/mol. The van der Waals surface area contributed by atoms with Crippen molar-refractivity contribution in [1.82, 2.24) is 19.7 Å². The van der Waals surface area contributed by atoms with Crippen molar-refractivity contribution in [2.24, 2.45) is 0 Å². The zero-order valence-electron chi connectivity index (χ0n) is 7.67. The molecule has 0 aromatic carbocycles. The van der Waals surface area contributed by atoms with Crippen molar-refractivity contribution in [3.63, 3.8) is 0 Å². The van der Waals surface area contributed by atoms with Gasteiger partial charge < -0.3 is 0 Å². The molecule has 2 heterocycles. The van der Waals surface area contributed by atoms with Crippen LogP contribution in [0, 0.1) is 0 Å². The predicted molar refractivity (Wildman–Crippen MR) is 54.6 cm³/mol. The van der Waals surface area contributed by atoms with Gasteiger partial charge in [-0.05, 0) is 6.07 Å². The highest BCUT2D eigenvalue weighted by Crippen LogP contribution is 2.01. The Morgan fingerprint density at radius 1 is 1.33 bits per heavy atom. The second-order valence-electron chi connectivity index (χ2n) is 2.85. The molecule has 76 valence electrons. The lowest BCUT2D eigenvalue weighted by molar-refractivity contribution is 0.625. The van der Waals surface area contributed by atoms with Gasteiger partial charge in [0.2, 0.25) is 0 Å². The molecule has 2 aromatic rings. The molecule has 0 aliphatic heterocycles. The molecule has 15 heavy (non-hydrogen) atoms. The summed E-state index contributed by atoms with van der Waals surface area (Å²) in [7, 11) is 0. The van der Waals surface area contributed by atoms with Crippen LogP contribution in [0.3, 0.4) is 0 Å². The number of aromatic nitrogens is 4. The van der Waals surface area contributed by atoms with E-state index in [1.54, 1.807) is 12.3 Å². The molecule has 0 atom stereocenters. The summed E-state index contributed by atoms with van der Waals surface area (Å²) in [6.45, 7) is 0.295. The van der Waals surface area contributed by atoms with E-state index in [0.717, 1.165) is 0 Å². The molecular formula is C9H7ClN4O. The molecule has 0 aliphatic carbocycles. The second-order valence-corrected chi connectivity index (χ2v) is 3.24. The topological polar surface area (TPSA) is 60.7 Å². The van der Waals surface area contributed by atoms with Gasteiger partial charge in [-0.25, -0.2) is 9.67 Å². The van der Waals surface area contributed by atoms with Crippen LogP contribution in [0.4, 0.5) is 0 Å². The molecule has 2 aromatic heterocycles. The van der Waals surface area contributed by atoms with Gasteiger partial charge in [-0.1, -0.05) is 11.6 Å². The third-order valence-corrected chi connectivity index (χ3v) is 1.97. The molecular weight excluding hydrogens is 216 g/mol. The molecule has 0 aliphatic rings. The van der Waals surface area contributed by atoms with Crippen LogP contribution in [0.1, 0.15) is 5.69 Å². The lowest BCUT2D eigenvalue weighted by atomic mass is 10.4. The van der Waals surface area contributed by atoms with Crippen molar-refractivity contribution in [3.8, 4) is 0 Å². The molecule has 0 radical (unpaired) electrons. The highest BCUT2D eigenvalue weighted by atomic mass is 35.5. The Bertz CT molecular complexity index is 508. The maximum absolute atomic E-state index is 11.3. The maximum Gasteiger partial charge on any atom is 0.267 e. The second kappa shape index (κ2) is 4.18. The molecule has 0 bridgehead atoms. The van der Waals surface area contributed by atoms with Gasteiger partial charge in [-0.2, -0.15) is 5.10 Å². The van der Waals surface area contributed by atoms with Crippen LogP contribution in [-0.2, 0) is 6.54 Å². The number of nitrogens with zero attached hydrogens (tertiary/aromatic N) is 4. The van der Waals surface area contributed by atoms with E-state index in [2.05, 4.69) is 15.1 Å². The molecule has 5 nitrogen and oxygen atoms in total. The van der Waals surface area contributed by atoms with E-state index in [4.69, 9.17) is 11.6 Å². The Morgan fingerprint density at radius 3 is 2.87 bits per heavy atom. The Labute approximate surface area is 90.4 Å². The lowest BCUT2D eigenvalue weighted by Gasteiger charge is -2.01. The SMILES string of the molecule is O=c1cccnn1Cc1cnc(Cl)cn1. The summed E-state index contributed by atoms with van der Waals surface area (Å²) in [5.74, 6) is 0. The van der Waals surface area contributed by atoms with Crippen LogP contribution < -0.4 is 5.56 Å². The molecule has 0 saturated carbocycles. The fraction of sp³-hybridized carbons (Fsp3) is 0.111. The third-order valence-electron chi connectivity index (χ3n) is 1.77. The maximum atomic E-state index is 11.3. The van der Waals surface area contributed by atoms with E-state index >= 15 is 0 Å². The van der Waals surface area contributed by atoms with Crippen LogP contribution in [0.25, 0.3) is 0 Å². The summed E-state index contributed by atoms with van der Waals surface area (Å²) < 4.78 is 1.30. The van der Waals surface area contributed by atoms with E-state index in [0.29, 0.717) is 17.4 Å². The summed E-state index contributed by atoms with van der Waals surface area (Å²) in [6, 6.07) is 3.03. The number of halogens is 1. The van der Waals surface area contributed by atoms with Crippen molar-refractivity contribution in [1.29, 1.82) is 0 Å². The molecule has 2 rings (SSSR count). The van der Waals surface area contributed by atoms with Gasteiger partial charge in [0, 0.05) is 12.3 Å². The highest BCUT2D eigenvalue weighted by molar-refractivity contribution is 6.29. The van der Waals surface area contributed by atoms with Gasteiger partial charge in [-0.3, -0.25) is 9.78 Å². The van der Waals surface area contributed by atoms with Crippen LogP contribution >= 0.6 is 11.6 Å². The molecule has 0 spiro atoms. The number of hydrogen-bond acceptors (Lipinski definition) is 4. The molecule has 0 amide bonds. The zero-order valence-corrected chi connectivity index (χ0v) is 8.42. The Kier molecular flexibility index (Phi) is 2.73. The molecule has 0 fully saturated rings. The summed E-state index contributed by atoms with van der Waals surface area (Å²) in [5, 5.41) is 4.23. The van der Waals surface area contributed by atoms with Gasteiger partial charge in [0.05, 0.1) is 24.6 Å². The van der Waals surface area contributed by atoms with Crippen molar-refractivity contribution < 1.29 is 0 Å². The minimum atomic E-state index is -0.172. The quantitative estimate of drug-likeness (QED) is 0.752. The minimum Gasteiger partial charge on any atom is -0.268 e. The van der Waals surface area contributed by atoms with Gasteiger partial charge in [0.1, 0.15) is 5.15 Å². The normalized spacial score (nSPS) is 10.2. The van der Waals surface area contributed by atoms with Crippen LogP contribution in [0.2, 0.25) is 5.15 Å². The monoisotopic (exact) mass is 222 g/mol. The van der Waals surface area contributed by atoms with Crippen molar-refractivity contribution in [2.45, 2.75) is 6.54 Å². The van der Waals surface area contributed by atoms with E-state index in [1.165, 1.54) is 23.1 Å². The first kappa shape index (κ1) is 9.79. The summed E-state index contributed by atoms with van der Waals surface area (Å²) in [5.41, 5.74) is 0.467. The summed E-state index contributed by atoms with van der Waals surface area (Å²) in [6.07, 6.45) is 4.50. The number of rotatable bonds is 2. The first-order valence-electron chi connectivity index (χ1n) is 4.24. The first-order chi connectivity index (χ1) is 7.25. The minimum absolute atomic E-state index is 0.172. The van der Waals surface area contributed by atoms with E-state index < -0.39 is 0 Å². The lowest BCUT2D eigenvalue weighted by Crippen LogP contribution is -2.22. The Balaban J connectivity index is 2.26. The summed E-state index contributed by atoms with van der Waals surface area (Å²) >= 11 is 5.59. The van der Waals surface area contributed by atoms with Gasteiger partial charge in [0.15, 0.2) is 0 Å². The average Bonchev–Trinajstić information content (AvgIpc) is 2.25. The highest BCUT2D eigenvalue weighted by Gasteiger charge is 1.99. The standard InChI is InChI=1S/C9H7ClN4O/c10-8-5-11-7(4-12-8)6-14-9(15)2-1-3-13-14/h1-5H,6H2. The van der Waals surface area contributed by atoms with Gasteiger partial charge in [-0.15, -0.1) is 0 Å². The van der Waals surface area contributed by atoms with E-state index in [-0.39, 0.29) is 5.56 Å². The molecule has 6 heteroatoms. The Morgan fingerprint density at radius 2 is 2.20 bits per heavy atom. The Hall–Kier alpha value is -1.75.